The first kappa shape index (κ1) is 20.3. The topological polar surface area (TPSA) is 66.9 Å². The van der Waals surface area contributed by atoms with Crippen LogP contribution in [0.25, 0.3) is 0 Å². The second-order valence-electron chi connectivity index (χ2n) is 9.63. The molecule has 2 atom stereocenters. The minimum Gasteiger partial charge on any atom is -0.377 e. The Hall–Kier alpha value is -1.01. The van der Waals surface area contributed by atoms with Crippen LogP contribution < -0.4 is 0 Å². The Morgan fingerprint density at radius 2 is 1.79 bits per heavy atom. The normalized spacial score (nSPS) is 33.2. The third kappa shape index (κ3) is 5.53. The van der Waals surface area contributed by atoms with E-state index >= 15 is 0 Å². The Bertz CT molecular complexity index is 551. The van der Waals surface area contributed by atoms with E-state index in [1.807, 2.05) is 0 Å². The van der Waals surface area contributed by atoms with Crippen LogP contribution in [0.15, 0.2) is 0 Å². The lowest BCUT2D eigenvalue weighted by Crippen LogP contribution is -2.42. The monoisotopic (exact) mass is 389 g/mol. The highest BCUT2D eigenvalue weighted by molar-refractivity contribution is 4.96. The summed E-state index contributed by atoms with van der Waals surface area (Å²) in [6.45, 7) is 5.37. The molecule has 1 N–H and O–H groups in total. The number of H-pyrrole nitrogens is 1. The van der Waals surface area contributed by atoms with Gasteiger partial charge in [-0.3, -0.25) is 4.90 Å². The van der Waals surface area contributed by atoms with Crippen molar-refractivity contribution in [3.8, 4) is 0 Å². The minimum absolute atomic E-state index is 0.449. The molecule has 3 fully saturated rings. The SMILES string of the molecule is CC1CC(c2nn[nH]n2)CCN1CCOC1CCC(CC2CCCCC2)CC1. The Balaban J connectivity index is 1.10. The summed E-state index contributed by atoms with van der Waals surface area (Å²) in [6.07, 6.45) is 17.0. The second-order valence-corrected chi connectivity index (χ2v) is 9.63. The Labute approximate surface area is 170 Å². The van der Waals surface area contributed by atoms with Gasteiger partial charge in [0.05, 0.1) is 12.7 Å². The molecular weight excluding hydrogens is 350 g/mol. The van der Waals surface area contributed by atoms with E-state index in [-0.39, 0.29) is 0 Å². The fourth-order valence-electron chi connectivity index (χ4n) is 5.90. The van der Waals surface area contributed by atoms with Crippen LogP contribution in [0.5, 0.6) is 0 Å². The third-order valence-corrected chi connectivity index (χ3v) is 7.66. The highest BCUT2D eigenvalue weighted by Gasteiger charge is 2.29. The number of rotatable bonds is 7. The van der Waals surface area contributed by atoms with Gasteiger partial charge in [-0.2, -0.15) is 5.21 Å². The van der Waals surface area contributed by atoms with Crippen LogP contribution >= 0.6 is 0 Å². The molecular formula is C22H39N5O. The molecule has 0 bridgehead atoms. The molecule has 1 aromatic heterocycles. The number of hydrogen-bond donors (Lipinski definition) is 1. The average Bonchev–Trinajstić information content (AvgIpc) is 3.26. The molecule has 2 heterocycles. The maximum Gasteiger partial charge on any atom is 0.177 e. The molecule has 3 aliphatic rings. The zero-order chi connectivity index (χ0) is 19.2. The minimum atomic E-state index is 0.449. The predicted molar refractivity (Wildman–Crippen MR) is 110 cm³/mol. The number of piperidine rings is 1. The van der Waals surface area contributed by atoms with Crippen LogP contribution in [0.1, 0.15) is 95.7 Å². The van der Waals surface area contributed by atoms with E-state index in [1.165, 1.54) is 64.2 Å². The van der Waals surface area contributed by atoms with Gasteiger partial charge in [0.25, 0.3) is 0 Å². The Morgan fingerprint density at radius 3 is 2.50 bits per heavy atom. The van der Waals surface area contributed by atoms with E-state index in [2.05, 4.69) is 32.4 Å². The molecule has 28 heavy (non-hydrogen) atoms. The lowest BCUT2D eigenvalue weighted by Gasteiger charge is -2.37. The highest BCUT2D eigenvalue weighted by Crippen LogP contribution is 2.36. The van der Waals surface area contributed by atoms with Crippen molar-refractivity contribution in [1.29, 1.82) is 0 Å². The van der Waals surface area contributed by atoms with E-state index < -0.39 is 0 Å². The molecule has 2 unspecified atom stereocenters. The van der Waals surface area contributed by atoms with E-state index in [4.69, 9.17) is 4.74 Å². The number of tetrazole rings is 1. The van der Waals surface area contributed by atoms with Crippen molar-refractivity contribution in [2.24, 2.45) is 11.8 Å². The number of nitrogens with zero attached hydrogens (tertiary/aromatic N) is 4. The van der Waals surface area contributed by atoms with Crippen molar-refractivity contribution in [3.05, 3.63) is 5.82 Å². The summed E-state index contributed by atoms with van der Waals surface area (Å²) in [4.78, 5) is 2.57. The van der Waals surface area contributed by atoms with Crippen molar-refractivity contribution in [2.75, 3.05) is 19.7 Å². The summed E-state index contributed by atoms with van der Waals surface area (Å²) in [6, 6.07) is 0.562. The molecule has 158 valence electrons. The maximum atomic E-state index is 6.29. The first-order valence-electron chi connectivity index (χ1n) is 11.9. The smallest absolute Gasteiger partial charge is 0.177 e. The third-order valence-electron chi connectivity index (χ3n) is 7.66. The maximum absolute atomic E-state index is 6.29. The summed E-state index contributed by atoms with van der Waals surface area (Å²) < 4.78 is 6.29. The summed E-state index contributed by atoms with van der Waals surface area (Å²) in [5, 5.41) is 14.6. The zero-order valence-electron chi connectivity index (χ0n) is 17.7. The molecule has 6 heteroatoms. The van der Waals surface area contributed by atoms with Crippen LogP contribution in [0.2, 0.25) is 0 Å². The Morgan fingerprint density at radius 1 is 1.00 bits per heavy atom. The summed E-state index contributed by atoms with van der Waals surface area (Å²) >= 11 is 0. The largest absolute Gasteiger partial charge is 0.377 e. The molecule has 0 radical (unpaired) electrons. The van der Waals surface area contributed by atoms with Gasteiger partial charge in [0, 0.05) is 18.5 Å². The van der Waals surface area contributed by atoms with Gasteiger partial charge < -0.3 is 4.74 Å². The van der Waals surface area contributed by atoms with E-state index in [1.54, 1.807) is 0 Å². The van der Waals surface area contributed by atoms with E-state index in [0.717, 1.165) is 50.2 Å². The number of hydrogen-bond acceptors (Lipinski definition) is 5. The fraction of sp³-hybridized carbons (Fsp3) is 0.955. The molecule has 1 saturated heterocycles. The quantitative estimate of drug-likeness (QED) is 0.752. The number of aromatic nitrogens is 4. The molecule has 0 spiro atoms. The molecule has 0 aromatic carbocycles. The van der Waals surface area contributed by atoms with Crippen LogP contribution in [-0.4, -0.2) is 57.4 Å². The fourth-order valence-corrected chi connectivity index (χ4v) is 5.90. The van der Waals surface area contributed by atoms with Gasteiger partial charge in [0.15, 0.2) is 5.82 Å². The van der Waals surface area contributed by atoms with Crippen molar-refractivity contribution >= 4 is 0 Å². The van der Waals surface area contributed by atoms with Crippen molar-refractivity contribution < 1.29 is 4.74 Å². The van der Waals surface area contributed by atoms with Crippen LogP contribution in [0.4, 0.5) is 0 Å². The Kier molecular flexibility index (Phi) is 7.35. The van der Waals surface area contributed by atoms with Gasteiger partial charge in [-0.25, -0.2) is 0 Å². The van der Waals surface area contributed by atoms with Crippen molar-refractivity contribution in [2.45, 2.75) is 102 Å². The van der Waals surface area contributed by atoms with Gasteiger partial charge in [0.1, 0.15) is 0 Å². The van der Waals surface area contributed by atoms with Crippen LogP contribution in [-0.2, 0) is 4.74 Å². The first-order chi connectivity index (χ1) is 13.8. The highest BCUT2D eigenvalue weighted by atomic mass is 16.5. The molecule has 6 nitrogen and oxygen atoms in total. The van der Waals surface area contributed by atoms with Gasteiger partial charge >= 0.3 is 0 Å². The van der Waals surface area contributed by atoms with Gasteiger partial charge in [-0.05, 0) is 70.3 Å². The van der Waals surface area contributed by atoms with Crippen LogP contribution in [0, 0.1) is 11.8 Å². The molecule has 2 aliphatic carbocycles. The molecule has 2 saturated carbocycles. The van der Waals surface area contributed by atoms with Crippen LogP contribution in [0.3, 0.4) is 0 Å². The number of likely N-dealkylation sites (tertiary alicyclic amines) is 1. The molecule has 4 rings (SSSR count). The summed E-state index contributed by atoms with van der Waals surface area (Å²) in [5.41, 5.74) is 0. The number of aromatic amines is 1. The van der Waals surface area contributed by atoms with Gasteiger partial charge in [0.2, 0.25) is 0 Å². The van der Waals surface area contributed by atoms with Gasteiger partial charge in [-0.15, -0.1) is 10.2 Å². The number of ether oxygens (including phenoxy) is 1. The summed E-state index contributed by atoms with van der Waals surface area (Å²) in [7, 11) is 0. The molecule has 1 aliphatic heterocycles. The van der Waals surface area contributed by atoms with Crippen molar-refractivity contribution in [3.63, 3.8) is 0 Å². The standard InChI is InChI=1S/C22H39N5O/c1-17-15-20(22-23-25-26-24-22)11-12-27(17)13-14-28-21-9-7-19(8-10-21)16-18-5-3-2-4-6-18/h17-21H,2-16H2,1H3,(H,23,24,25,26). The van der Waals surface area contributed by atoms with E-state index in [0.29, 0.717) is 18.1 Å². The second kappa shape index (κ2) is 10.1. The lowest BCUT2D eigenvalue weighted by molar-refractivity contribution is -0.00396. The van der Waals surface area contributed by atoms with Gasteiger partial charge in [-0.1, -0.05) is 37.3 Å². The molecule has 0 amide bonds. The van der Waals surface area contributed by atoms with Crippen molar-refractivity contribution in [1.82, 2.24) is 25.5 Å². The molecule has 1 aromatic rings. The lowest BCUT2D eigenvalue weighted by atomic mass is 9.77. The first-order valence-corrected chi connectivity index (χ1v) is 11.9. The zero-order valence-corrected chi connectivity index (χ0v) is 17.7. The number of nitrogens with one attached hydrogen (secondary N) is 1. The predicted octanol–water partition coefficient (Wildman–Crippen LogP) is 4.31. The van der Waals surface area contributed by atoms with E-state index in [9.17, 15) is 0 Å². The average molecular weight is 390 g/mol. The summed E-state index contributed by atoms with van der Waals surface area (Å²) in [5.74, 6) is 3.35.